The van der Waals surface area contributed by atoms with Crippen molar-refractivity contribution >= 4 is 55.8 Å². The van der Waals surface area contributed by atoms with E-state index in [0.717, 1.165) is 12.8 Å². The van der Waals surface area contributed by atoms with Crippen LogP contribution < -0.4 is 0 Å². The Morgan fingerprint density at radius 1 is 0.818 bits per heavy atom. The number of carbonyl (C=O) groups is 1. The molecule has 0 aromatic carbocycles. The average molecular weight is 521 g/mol. The van der Waals surface area contributed by atoms with Crippen LogP contribution in [0.3, 0.4) is 0 Å². The van der Waals surface area contributed by atoms with Crippen molar-refractivity contribution in [3.05, 3.63) is 12.7 Å². The quantitative estimate of drug-likeness (QED) is 0.0754. The molecule has 0 amide bonds. The Hall–Kier alpha value is 0.867. The largest absolute Gasteiger partial charge is 0.463 e. The number of halogens is 3. The van der Waals surface area contributed by atoms with E-state index in [1.54, 1.807) is 0 Å². The Bertz CT molecular complexity index is 294. The maximum absolute atomic E-state index is 10.8. The smallest absolute Gasteiger partial charge is 0.330 e. The van der Waals surface area contributed by atoms with E-state index in [2.05, 4.69) is 52.5 Å². The lowest BCUT2D eigenvalue weighted by Crippen LogP contribution is -2.04. The summed E-state index contributed by atoms with van der Waals surface area (Å²) < 4.78 is 3.58. The van der Waals surface area contributed by atoms with Gasteiger partial charge in [-0.25, -0.2) is 4.79 Å². The molecule has 0 aliphatic heterocycles. The third kappa shape index (κ3) is 18.9. The number of hydrogen-bond acceptors (Lipinski definition) is 2. The van der Waals surface area contributed by atoms with Crippen molar-refractivity contribution in [2.75, 3.05) is 6.61 Å². The molecule has 0 aromatic heterocycles. The Kier molecular flexibility index (Phi) is 16.0. The van der Waals surface area contributed by atoms with Crippen LogP contribution in [0.25, 0.3) is 0 Å². The Morgan fingerprint density at radius 3 is 1.64 bits per heavy atom. The van der Waals surface area contributed by atoms with Gasteiger partial charge < -0.3 is 4.74 Å². The maximum atomic E-state index is 10.8. The fourth-order valence-corrected chi connectivity index (χ4v) is 5.42. The number of hydrogen-bond donors (Lipinski definition) is 0. The van der Waals surface area contributed by atoms with Gasteiger partial charge in [-0.3, -0.25) is 0 Å². The van der Waals surface area contributed by atoms with E-state index in [1.165, 1.54) is 69.9 Å². The lowest BCUT2D eigenvalue weighted by atomic mass is 10.1. The Balaban J connectivity index is 3.09. The van der Waals surface area contributed by atoms with Crippen LogP contribution in [-0.4, -0.2) is 16.5 Å². The fraction of sp³-hybridized carbons (Fsp3) is 0.812. The van der Waals surface area contributed by atoms with Crippen LogP contribution >= 0.6 is 45.9 Å². The lowest BCUT2D eigenvalue weighted by molar-refractivity contribution is -0.137. The van der Waals surface area contributed by atoms with E-state index in [9.17, 15) is 4.79 Å². The first kappa shape index (κ1) is 22.9. The average Bonchev–Trinajstić information content (AvgIpc) is 2.46. The van der Waals surface area contributed by atoms with Crippen molar-refractivity contribution in [2.24, 2.45) is 0 Å². The molecule has 0 saturated carbocycles. The predicted octanol–water partition coefficient (Wildman–Crippen LogP) is 7.13. The summed E-state index contributed by atoms with van der Waals surface area (Å²) in [5.41, 5.74) is 0. The van der Waals surface area contributed by atoms with Crippen LogP contribution in [0.2, 0.25) is 6.04 Å². The Labute approximate surface area is 160 Å². The fourth-order valence-electron chi connectivity index (χ4n) is 2.25. The molecule has 0 radical (unpaired) electrons. The maximum Gasteiger partial charge on any atom is 0.330 e. The predicted molar refractivity (Wildman–Crippen MR) is 109 cm³/mol. The van der Waals surface area contributed by atoms with Gasteiger partial charge >= 0.3 is 5.97 Å². The third-order valence-electron chi connectivity index (χ3n) is 3.52. The van der Waals surface area contributed by atoms with Crippen molar-refractivity contribution in [3.63, 3.8) is 0 Å². The Morgan fingerprint density at radius 2 is 1.23 bits per heavy atom. The second-order valence-corrected chi connectivity index (χ2v) is 29.1. The third-order valence-corrected chi connectivity index (χ3v) is 8.00. The van der Waals surface area contributed by atoms with Crippen LogP contribution in [0.1, 0.15) is 70.6 Å². The highest BCUT2D eigenvalue weighted by Crippen LogP contribution is 2.33. The highest BCUT2D eigenvalue weighted by atomic mass is 80.0. The molecule has 0 bridgehead atoms. The monoisotopic (exact) mass is 518 g/mol. The topological polar surface area (TPSA) is 26.3 Å². The van der Waals surface area contributed by atoms with Crippen LogP contribution in [0.4, 0.5) is 0 Å². The second-order valence-electron chi connectivity index (χ2n) is 5.63. The standard InChI is InChI=1S/C16H29Br3O2Si/c1-2-16(20)21-14-12-10-8-6-4-3-5-7-9-11-13-15-22(17,18)19/h2H,1,3-15H2. The van der Waals surface area contributed by atoms with E-state index < -0.39 is 3.93 Å². The van der Waals surface area contributed by atoms with Crippen molar-refractivity contribution in [1.29, 1.82) is 0 Å². The summed E-state index contributed by atoms with van der Waals surface area (Å²) in [6.07, 6.45) is 15.4. The van der Waals surface area contributed by atoms with Gasteiger partial charge in [-0.2, -0.15) is 0 Å². The molecule has 0 aliphatic carbocycles. The van der Waals surface area contributed by atoms with Gasteiger partial charge in [0, 0.05) is 6.08 Å². The van der Waals surface area contributed by atoms with E-state index in [4.69, 9.17) is 4.74 Å². The number of unbranched alkanes of at least 4 members (excludes halogenated alkanes) is 10. The highest BCUT2D eigenvalue weighted by Gasteiger charge is 2.20. The summed E-state index contributed by atoms with van der Waals surface area (Å²) in [5.74, 6) is -0.309. The zero-order valence-corrected chi connectivity index (χ0v) is 19.2. The van der Waals surface area contributed by atoms with Gasteiger partial charge in [-0.1, -0.05) is 117 Å². The van der Waals surface area contributed by atoms with Crippen molar-refractivity contribution in [1.82, 2.24) is 0 Å². The molecule has 0 saturated heterocycles. The molecule has 0 spiro atoms. The number of rotatable bonds is 15. The normalized spacial score (nSPS) is 11.4. The molecule has 0 rings (SSSR count). The number of ether oxygens (including phenoxy) is 1. The first-order chi connectivity index (χ1) is 10.5. The molecule has 22 heavy (non-hydrogen) atoms. The van der Waals surface area contributed by atoms with E-state index >= 15 is 0 Å². The summed E-state index contributed by atoms with van der Waals surface area (Å²) in [5, 5.41) is 0. The number of esters is 1. The minimum Gasteiger partial charge on any atom is -0.463 e. The molecular formula is C16H29Br3O2Si. The molecule has 0 heterocycles. The SMILES string of the molecule is C=CC(=O)OCCCCCCCCCCCCC[Si](Br)(Br)Br. The van der Waals surface area contributed by atoms with Gasteiger partial charge in [0.15, 0.2) is 0 Å². The van der Waals surface area contributed by atoms with Crippen LogP contribution in [0.15, 0.2) is 12.7 Å². The molecule has 0 N–H and O–H groups in total. The highest BCUT2D eigenvalue weighted by molar-refractivity contribution is 9.72. The van der Waals surface area contributed by atoms with Crippen LogP contribution in [-0.2, 0) is 9.53 Å². The van der Waals surface area contributed by atoms with Crippen molar-refractivity contribution < 1.29 is 9.53 Å². The van der Waals surface area contributed by atoms with E-state index in [0.29, 0.717) is 6.61 Å². The van der Waals surface area contributed by atoms with Gasteiger partial charge in [-0.15, -0.1) is 0 Å². The molecule has 2 nitrogen and oxygen atoms in total. The second kappa shape index (κ2) is 15.4. The summed E-state index contributed by atoms with van der Waals surface area (Å²) in [6, 6.07) is 1.25. The minimum atomic E-state index is -1.36. The molecule has 0 fully saturated rings. The van der Waals surface area contributed by atoms with Crippen LogP contribution in [0, 0.1) is 0 Å². The molecule has 0 aromatic rings. The zero-order valence-electron chi connectivity index (χ0n) is 13.4. The van der Waals surface area contributed by atoms with Gasteiger partial charge in [0.2, 0.25) is 0 Å². The first-order valence-electron chi connectivity index (χ1n) is 8.31. The van der Waals surface area contributed by atoms with Crippen molar-refractivity contribution in [3.8, 4) is 0 Å². The molecule has 0 atom stereocenters. The molecule has 0 unspecified atom stereocenters. The molecule has 6 heteroatoms. The molecular weight excluding hydrogens is 492 g/mol. The molecule has 130 valence electrons. The van der Waals surface area contributed by atoms with Gasteiger partial charge in [0.05, 0.1) is 6.61 Å². The van der Waals surface area contributed by atoms with Gasteiger partial charge in [0.25, 0.3) is 3.93 Å². The summed E-state index contributed by atoms with van der Waals surface area (Å²) >= 11 is 11.0. The van der Waals surface area contributed by atoms with E-state index in [1.807, 2.05) is 0 Å². The minimum absolute atomic E-state index is 0.309. The van der Waals surface area contributed by atoms with Gasteiger partial charge in [-0.05, 0) is 12.5 Å². The summed E-state index contributed by atoms with van der Waals surface area (Å²) in [7, 11) is 0. The summed E-state index contributed by atoms with van der Waals surface area (Å²) in [4.78, 5) is 10.8. The molecule has 0 aliphatic rings. The van der Waals surface area contributed by atoms with Crippen LogP contribution in [0.5, 0.6) is 0 Å². The van der Waals surface area contributed by atoms with E-state index in [-0.39, 0.29) is 5.97 Å². The number of carbonyl (C=O) groups excluding carboxylic acids is 1. The lowest BCUT2D eigenvalue weighted by Gasteiger charge is -2.08. The zero-order chi connectivity index (χ0) is 16.7. The summed E-state index contributed by atoms with van der Waals surface area (Å²) in [6.45, 7) is 3.91. The van der Waals surface area contributed by atoms with Gasteiger partial charge in [0.1, 0.15) is 0 Å². The first-order valence-corrected chi connectivity index (χ1v) is 17.3. The van der Waals surface area contributed by atoms with Crippen molar-refractivity contribution in [2.45, 2.75) is 76.7 Å².